The van der Waals surface area contributed by atoms with Crippen LogP contribution >= 0.6 is 0 Å². The van der Waals surface area contributed by atoms with Gasteiger partial charge in [-0.1, -0.05) is 84.6 Å². The normalized spacial score (nSPS) is 13.7. The van der Waals surface area contributed by atoms with Gasteiger partial charge < -0.3 is 16.6 Å². The fraction of sp³-hybridized carbons (Fsp3) is 0.132. The maximum atomic E-state index is 6.69. The second-order valence-electron chi connectivity index (χ2n) is 10.6. The third kappa shape index (κ3) is 4.95. The molecule has 0 spiro atoms. The summed E-state index contributed by atoms with van der Waals surface area (Å²) in [6.45, 7) is 0. The van der Waals surface area contributed by atoms with E-state index in [2.05, 4.69) is 95.0 Å². The molecule has 8 rings (SSSR count). The van der Waals surface area contributed by atoms with Crippen LogP contribution in [0.1, 0.15) is 52.2 Å². The number of fused-ring (bicyclic) bond motifs is 4. The Labute approximate surface area is 266 Å². The molecule has 0 bridgehead atoms. The molecule has 0 saturated carbocycles. The Morgan fingerprint density at radius 2 is 1.33 bits per heavy atom. The minimum absolute atomic E-state index is 0. The number of aromatic nitrogens is 4. The van der Waals surface area contributed by atoms with E-state index in [4.69, 9.17) is 16.4 Å². The molecular formula is C38H28N4Pt. The van der Waals surface area contributed by atoms with Crippen LogP contribution in [0.2, 0.25) is 0 Å². The molecule has 6 aromatic rings. The van der Waals surface area contributed by atoms with Crippen molar-refractivity contribution in [2.75, 3.05) is 0 Å². The molecule has 2 aliphatic rings. The number of aryl methyl sites for hydroxylation is 1. The fourth-order valence-electron chi connectivity index (χ4n) is 6.43. The molecule has 0 atom stereocenters. The first-order valence-corrected chi connectivity index (χ1v) is 14.4. The van der Waals surface area contributed by atoms with Crippen LogP contribution in [-0.4, -0.2) is 15.1 Å². The molecule has 0 aliphatic heterocycles. The van der Waals surface area contributed by atoms with Crippen LogP contribution in [-0.2, 0) is 39.3 Å². The summed E-state index contributed by atoms with van der Waals surface area (Å²) in [5.41, 5.74) is 11.3. The van der Waals surface area contributed by atoms with Crippen LogP contribution in [0.5, 0.6) is 0 Å². The maximum absolute atomic E-state index is 6.69. The standard InChI is InChI=1S/C30H23N4.C8H5.Pt/c1-4-13-23-20(10-1)21-11-2-5-14-24(21)30(23,27-17-7-8-19-31-27)28-18-9-16-26(32-28)29-22-12-3-6-15-25(22)33-34-29;1-2-8-6-4-3-5-7-8;/h1-2,4-5,7-11,13-14,16-19H,3,6,12,15H2;3-7H;/q2*-1;+2. The molecule has 2 aliphatic carbocycles. The Balaban J connectivity index is 0.000000320. The van der Waals surface area contributed by atoms with Crippen LogP contribution < -0.4 is 5.10 Å². The maximum Gasteiger partial charge on any atom is 2.00 e. The van der Waals surface area contributed by atoms with Gasteiger partial charge in [0.25, 0.3) is 0 Å². The van der Waals surface area contributed by atoms with Gasteiger partial charge in [-0.3, -0.25) is 15.9 Å². The summed E-state index contributed by atoms with van der Waals surface area (Å²) in [6.07, 6.45) is 13.0. The molecule has 0 radical (unpaired) electrons. The van der Waals surface area contributed by atoms with Gasteiger partial charge in [0.15, 0.2) is 0 Å². The smallest absolute Gasteiger partial charge is 0.573 e. The third-order valence-electron chi connectivity index (χ3n) is 8.29. The first-order chi connectivity index (χ1) is 20.8. The third-order valence-corrected chi connectivity index (χ3v) is 8.29. The van der Waals surface area contributed by atoms with Crippen molar-refractivity contribution in [2.45, 2.75) is 31.1 Å². The van der Waals surface area contributed by atoms with Crippen LogP contribution in [0.25, 0.3) is 22.5 Å². The minimum Gasteiger partial charge on any atom is -0.573 e. The van der Waals surface area contributed by atoms with Crippen molar-refractivity contribution in [2.24, 2.45) is 0 Å². The molecular weight excluding hydrogens is 708 g/mol. The average molecular weight is 736 g/mol. The van der Waals surface area contributed by atoms with Crippen molar-refractivity contribution < 1.29 is 21.1 Å². The fourth-order valence-corrected chi connectivity index (χ4v) is 6.43. The van der Waals surface area contributed by atoms with E-state index < -0.39 is 5.41 Å². The van der Waals surface area contributed by atoms with E-state index in [1.54, 1.807) is 0 Å². The first-order valence-electron chi connectivity index (χ1n) is 14.4. The molecule has 0 fully saturated rings. The Bertz CT molecular complexity index is 1860. The largest absolute Gasteiger partial charge is 2.00 e. The zero-order valence-electron chi connectivity index (χ0n) is 23.5. The van der Waals surface area contributed by atoms with Crippen molar-refractivity contribution in [1.82, 2.24) is 20.2 Å². The number of rotatable bonds is 3. The molecule has 4 nitrogen and oxygen atoms in total. The quantitative estimate of drug-likeness (QED) is 0.141. The number of benzene rings is 3. The Morgan fingerprint density at radius 1 is 0.674 bits per heavy atom. The predicted octanol–water partition coefficient (Wildman–Crippen LogP) is 7.36. The monoisotopic (exact) mass is 735 g/mol. The van der Waals surface area contributed by atoms with Gasteiger partial charge in [0.05, 0.1) is 17.1 Å². The van der Waals surface area contributed by atoms with Crippen molar-refractivity contribution in [1.29, 1.82) is 0 Å². The summed E-state index contributed by atoms with van der Waals surface area (Å²) < 4.78 is 0. The molecule has 5 heteroatoms. The second-order valence-corrected chi connectivity index (χ2v) is 10.6. The Morgan fingerprint density at radius 3 is 2.00 bits per heavy atom. The molecule has 210 valence electrons. The van der Waals surface area contributed by atoms with E-state index in [1.807, 2.05) is 42.6 Å². The molecule has 0 unspecified atom stereocenters. The topological polar surface area (TPSA) is 52.8 Å². The zero-order valence-corrected chi connectivity index (χ0v) is 25.8. The van der Waals surface area contributed by atoms with Gasteiger partial charge in [-0.25, -0.2) is 0 Å². The number of nitrogens with zero attached hydrogens (tertiary/aromatic N) is 4. The molecule has 0 N–H and O–H groups in total. The molecule has 0 amide bonds. The van der Waals surface area contributed by atoms with E-state index in [9.17, 15) is 0 Å². The minimum atomic E-state index is -0.593. The summed E-state index contributed by atoms with van der Waals surface area (Å²) in [6, 6.07) is 39.2. The van der Waals surface area contributed by atoms with Gasteiger partial charge >= 0.3 is 21.1 Å². The van der Waals surface area contributed by atoms with E-state index in [-0.39, 0.29) is 21.1 Å². The SMILES string of the molecule is [C-]#Cc1ccccc1.[Pt+2].c1ccc(C2(c3cccc(-c4[n-]nc5c4CCCC5)n3)c3ccccc3-c3ccccc32)nc1. The van der Waals surface area contributed by atoms with Gasteiger partial charge in [0.1, 0.15) is 5.41 Å². The summed E-state index contributed by atoms with van der Waals surface area (Å²) in [5.74, 6) is 2.28. The van der Waals surface area contributed by atoms with E-state index in [1.165, 1.54) is 40.7 Å². The van der Waals surface area contributed by atoms with Crippen molar-refractivity contribution >= 4 is 0 Å². The Kier molecular flexibility index (Phi) is 8.19. The van der Waals surface area contributed by atoms with Crippen LogP contribution in [0.3, 0.4) is 0 Å². The summed E-state index contributed by atoms with van der Waals surface area (Å²) >= 11 is 0. The van der Waals surface area contributed by atoms with E-state index >= 15 is 0 Å². The molecule has 3 aromatic heterocycles. The molecule has 3 heterocycles. The van der Waals surface area contributed by atoms with Gasteiger partial charge in [0.2, 0.25) is 0 Å². The first kappa shape index (κ1) is 28.5. The van der Waals surface area contributed by atoms with Gasteiger partial charge in [-0.15, -0.1) is 17.7 Å². The average Bonchev–Trinajstić information content (AvgIpc) is 3.64. The number of pyridine rings is 2. The number of hydrogen-bond acceptors (Lipinski definition) is 3. The van der Waals surface area contributed by atoms with Gasteiger partial charge in [0, 0.05) is 11.9 Å². The zero-order chi connectivity index (χ0) is 28.4. The Hall–Kier alpha value is -4.58. The van der Waals surface area contributed by atoms with Crippen molar-refractivity contribution in [3.8, 4) is 28.4 Å². The molecule has 3 aromatic carbocycles. The van der Waals surface area contributed by atoms with Gasteiger partial charge in [-0.2, -0.15) is 0 Å². The number of hydrogen-bond donors (Lipinski definition) is 0. The van der Waals surface area contributed by atoms with E-state index in [0.717, 1.165) is 46.9 Å². The van der Waals surface area contributed by atoms with Crippen molar-refractivity contribution in [3.63, 3.8) is 0 Å². The van der Waals surface area contributed by atoms with Crippen LogP contribution in [0.15, 0.2) is 121 Å². The summed E-state index contributed by atoms with van der Waals surface area (Å²) in [5, 5.41) is 9.10. The molecule has 43 heavy (non-hydrogen) atoms. The van der Waals surface area contributed by atoms with Crippen LogP contribution in [0, 0.1) is 12.3 Å². The second kappa shape index (κ2) is 12.3. The van der Waals surface area contributed by atoms with Gasteiger partial charge in [-0.05, 0) is 77.8 Å². The summed E-state index contributed by atoms with van der Waals surface area (Å²) in [7, 11) is 0. The summed E-state index contributed by atoms with van der Waals surface area (Å²) in [4.78, 5) is 10.2. The molecule has 0 saturated heterocycles. The van der Waals surface area contributed by atoms with Crippen molar-refractivity contribution in [3.05, 3.63) is 167 Å². The van der Waals surface area contributed by atoms with Crippen LogP contribution in [0.4, 0.5) is 0 Å². The van der Waals surface area contributed by atoms with E-state index in [0.29, 0.717) is 0 Å². The predicted molar refractivity (Wildman–Crippen MR) is 165 cm³/mol.